The predicted molar refractivity (Wildman–Crippen MR) is 58.0 cm³/mol. The van der Waals surface area contributed by atoms with E-state index in [4.69, 9.17) is 0 Å². The molecule has 1 rings (SSSR count). The van der Waals surface area contributed by atoms with Crippen LogP contribution in [-0.2, 0) is 10.0 Å². The first-order valence-electron chi connectivity index (χ1n) is 4.46. The molecular formula is C9H15N3O2S. The van der Waals surface area contributed by atoms with Gasteiger partial charge in [0.1, 0.15) is 5.82 Å². The molecule has 0 aromatic carbocycles. The van der Waals surface area contributed by atoms with Gasteiger partial charge < -0.3 is 4.98 Å². The van der Waals surface area contributed by atoms with Gasteiger partial charge >= 0.3 is 0 Å². The number of likely N-dealkylation sites (N-methyl/N-ethyl adjacent to an activating group) is 1. The van der Waals surface area contributed by atoms with E-state index in [0.29, 0.717) is 12.4 Å². The van der Waals surface area contributed by atoms with Gasteiger partial charge in [0.05, 0.1) is 6.20 Å². The number of H-pyrrole nitrogens is 1. The van der Waals surface area contributed by atoms with Crippen molar-refractivity contribution >= 4 is 10.0 Å². The molecule has 0 saturated heterocycles. The fourth-order valence-electron chi connectivity index (χ4n) is 1.16. The Bertz CT molecular complexity index is 461. The summed E-state index contributed by atoms with van der Waals surface area (Å²) in [5, 5.41) is 0.115. The maximum absolute atomic E-state index is 11.9. The van der Waals surface area contributed by atoms with Crippen molar-refractivity contribution in [3.63, 3.8) is 0 Å². The van der Waals surface area contributed by atoms with E-state index < -0.39 is 10.0 Å². The van der Waals surface area contributed by atoms with Crippen LogP contribution in [0.5, 0.6) is 0 Å². The summed E-state index contributed by atoms with van der Waals surface area (Å²) in [5.41, 5.74) is 0.789. The van der Waals surface area contributed by atoms with E-state index in [0.717, 1.165) is 5.57 Å². The molecule has 0 saturated carbocycles. The van der Waals surface area contributed by atoms with Crippen molar-refractivity contribution in [1.82, 2.24) is 14.3 Å². The van der Waals surface area contributed by atoms with Gasteiger partial charge in [0, 0.05) is 13.6 Å². The van der Waals surface area contributed by atoms with Gasteiger partial charge in [-0.2, -0.15) is 4.31 Å². The van der Waals surface area contributed by atoms with Crippen LogP contribution in [0, 0.1) is 6.92 Å². The minimum atomic E-state index is -3.46. The second-order valence-corrected chi connectivity index (χ2v) is 5.56. The molecule has 0 fully saturated rings. The number of nitrogens with one attached hydrogen (secondary N) is 1. The summed E-state index contributed by atoms with van der Waals surface area (Å²) < 4.78 is 25.0. The van der Waals surface area contributed by atoms with Crippen LogP contribution >= 0.6 is 0 Å². The van der Waals surface area contributed by atoms with Crippen molar-refractivity contribution < 1.29 is 8.42 Å². The number of sulfonamides is 1. The highest BCUT2D eigenvalue weighted by molar-refractivity contribution is 7.89. The normalized spacial score (nSPS) is 12.0. The molecule has 0 bridgehead atoms. The number of aryl methyl sites for hydroxylation is 1. The third-order valence-electron chi connectivity index (χ3n) is 1.86. The Morgan fingerprint density at radius 1 is 1.67 bits per heavy atom. The Hall–Kier alpha value is -1.14. The maximum Gasteiger partial charge on any atom is 0.260 e. The highest BCUT2D eigenvalue weighted by Gasteiger charge is 2.22. The molecule has 15 heavy (non-hydrogen) atoms. The molecule has 0 aliphatic carbocycles. The molecule has 0 radical (unpaired) electrons. The molecule has 0 unspecified atom stereocenters. The molecule has 0 spiro atoms. The molecule has 1 aromatic rings. The zero-order valence-electron chi connectivity index (χ0n) is 9.11. The van der Waals surface area contributed by atoms with E-state index in [9.17, 15) is 8.42 Å². The predicted octanol–water partition coefficient (Wildman–Crippen LogP) is 0.915. The summed E-state index contributed by atoms with van der Waals surface area (Å²) in [6, 6.07) is 0. The lowest BCUT2D eigenvalue weighted by Crippen LogP contribution is -2.28. The molecular weight excluding hydrogens is 214 g/mol. The van der Waals surface area contributed by atoms with Crippen LogP contribution in [0.2, 0.25) is 0 Å². The van der Waals surface area contributed by atoms with Crippen LogP contribution in [-0.4, -0.2) is 36.3 Å². The van der Waals surface area contributed by atoms with Crippen molar-refractivity contribution in [1.29, 1.82) is 0 Å². The molecule has 0 amide bonds. The fraction of sp³-hybridized carbons (Fsp3) is 0.444. The van der Waals surface area contributed by atoms with Crippen molar-refractivity contribution in [2.75, 3.05) is 13.6 Å². The molecule has 0 atom stereocenters. The van der Waals surface area contributed by atoms with Gasteiger partial charge in [-0.1, -0.05) is 12.2 Å². The largest absolute Gasteiger partial charge is 0.332 e. The minimum absolute atomic E-state index is 0.115. The van der Waals surface area contributed by atoms with E-state index in [1.807, 2.05) is 0 Å². The van der Waals surface area contributed by atoms with E-state index in [2.05, 4.69) is 16.5 Å². The molecule has 1 heterocycles. The van der Waals surface area contributed by atoms with Gasteiger partial charge in [0.2, 0.25) is 0 Å². The first kappa shape index (κ1) is 11.9. The molecule has 5 nitrogen and oxygen atoms in total. The lowest BCUT2D eigenvalue weighted by atomic mass is 10.4. The first-order chi connectivity index (χ1) is 6.84. The van der Waals surface area contributed by atoms with E-state index >= 15 is 0 Å². The van der Waals surface area contributed by atoms with Gasteiger partial charge in [0.25, 0.3) is 10.0 Å². The van der Waals surface area contributed by atoms with Gasteiger partial charge in [0.15, 0.2) is 5.03 Å². The number of hydrogen-bond donors (Lipinski definition) is 1. The SMILES string of the molecule is C=C(C)CN(C)S(=O)(=O)c1cnc(C)[nH]1. The van der Waals surface area contributed by atoms with Crippen LogP contribution in [0.3, 0.4) is 0 Å². The number of rotatable bonds is 4. The number of nitrogens with zero attached hydrogens (tertiary/aromatic N) is 2. The second-order valence-electron chi connectivity index (χ2n) is 3.55. The van der Waals surface area contributed by atoms with E-state index in [1.165, 1.54) is 17.5 Å². The zero-order chi connectivity index (χ0) is 11.6. The number of aromatic nitrogens is 2. The van der Waals surface area contributed by atoms with Gasteiger partial charge in [-0.05, 0) is 13.8 Å². The average molecular weight is 229 g/mol. The summed E-state index contributed by atoms with van der Waals surface area (Å²) in [5.74, 6) is 0.581. The molecule has 0 aliphatic rings. The smallest absolute Gasteiger partial charge is 0.260 e. The van der Waals surface area contributed by atoms with Gasteiger partial charge in [-0.3, -0.25) is 0 Å². The highest BCUT2D eigenvalue weighted by atomic mass is 32.2. The zero-order valence-corrected chi connectivity index (χ0v) is 9.93. The summed E-state index contributed by atoms with van der Waals surface area (Å²) >= 11 is 0. The molecule has 84 valence electrons. The van der Waals surface area contributed by atoms with Crippen molar-refractivity contribution in [2.24, 2.45) is 0 Å². The fourth-order valence-corrected chi connectivity index (χ4v) is 2.35. The molecule has 1 aromatic heterocycles. The van der Waals surface area contributed by atoms with Crippen LogP contribution in [0.15, 0.2) is 23.4 Å². The minimum Gasteiger partial charge on any atom is -0.332 e. The first-order valence-corrected chi connectivity index (χ1v) is 5.90. The highest BCUT2D eigenvalue weighted by Crippen LogP contribution is 2.12. The van der Waals surface area contributed by atoms with Crippen molar-refractivity contribution in [3.8, 4) is 0 Å². The number of aromatic amines is 1. The molecule has 6 heteroatoms. The lowest BCUT2D eigenvalue weighted by molar-refractivity contribution is 0.490. The molecule has 1 N–H and O–H groups in total. The van der Waals surface area contributed by atoms with Gasteiger partial charge in [-0.15, -0.1) is 0 Å². The van der Waals surface area contributed by atoms with E-state index in [1.54, 1.807) is 13.8 Å². The quantitative estimate of drug-likeness (QED) is 0.780. The number of hydrogen-bond acceptors (Lipinski definition) is 3. The van der Waals surface area contributed by atoms with Gasteiger partial charge in [-0.25, -0.2) is 13.4 Å². The standard InChI is InChI=1S/C9H15N3O2S/c1-7(2)6-12(4)15(13,14)9-5-10-8(3)11-9/h5H,1,6H2,2-4H3,(H,10,11). The Morgan fingerprint density at radius 2 is 2.27 bits per heavy atom. The number of imidazole rings is 1. The van der Waals surface area contributed by atoms with Crippen LogP contribution in [0.4, 0.5) is 0 Å². The third kappa shape index (κ3) is 2.66. The maximum atomic E-state index is 11.9. The second kappa shape index (κ2) is 4.16. The van der Waals surface area contributed by atoms with Crippen LogP contribution in [0.25, 0.3) is 0 Å². The third-order valence-corrected chi connectivity index (χ3v) is 3.57. The van der Waals surface area contributed by atoms with Crippen LogP contribution < -0.4 is 0 Å². The van der Waals surface area contributed by atoms with Crippen LogP contribution in [0.1, 0.15) is 12.7 Å². The summed E-state index contributed by atoms with van der Waals surface area (Å²) in [6.07, 6.45) is 1.32. The van der Waals surface area contributed by atoms with Crippen molar-refractivity contribution in [2.45, 2.75) is 18.9 Å². The summed E-state index contributed by atoms with van der Waals surface area (Å²) in [6.45, 7) is 7.47. The van der Waals surface area contributed by atoms with Crippen molar-refractivity contribution in [3.05, 3.63) is 24.2 Å². The average Bonchev–Trinajstić information content (AvgIpc) is 2.50. The Balaban J connectivity index is 2.98. The molecule has 0 aliphatic heterocycles. The Kier molecular flexibility index (Phi) is 3.31. The Morgan fingerprint density at radius 3 is 2.67 bits per heavy atom. The lowest BCUT2D eigenvalue weighted by Gasteiger charge is -2.15. The Labute approximate surface area is 89.9 Å². The summed E-state index contributed by atoms with van der Waals surface area (Å²) in [4.78, 5) is 6.56. The monoisotopic (exact) mass is 229 g/mol. The summed E-state index contributed by atoms with van der Waals surface area (Å²) in [7, 11) is -1.94. The van der Waals surface area contributed by atoms with E-state index in [-0.39, 0.29) is 5.03 Å². The topological polar surface area (TPSA) is 66.1 Å².